The number of hydrogen-bond donors (Lipinski definition) is 0. The molecular weight excluding hydrogens is 145 g/mol. The number of hydrogen-bond acceptors (Lipinski definition) is 2. The third-order valence-corrected chi connectivity index (χ3v) is 1.26. The normalized spacial score (nSPS) is 9.27. The molecule has 1 aromatic rings. The highest BCUT2D eigenvalue weighted by molar-refractivity contribution is 5.50. The van der Waals surface area contributed by atoms with Gasteiger partial charge in [0, 0.05) is 6.07 Å². The van der Waals surface area contributed by atoms with E-state index in [4.69, 9.17) is 4.74 Å². The van der Waals surface area contributed by atoms with Gasteiger partial charge < -0.3 is 4.74 Å². The van der Waals surface area contributed by atoms with Gasteiger partial charge in [0.25, 0.3) is 0 Å². The smallest absolute Gasteiger partial charge is 0.147 e. The molecule has 2 nitrogen and oxygen atoms in total. The molecule has 58 valence electrons. The van der Waals surface area contributed by atoms with Gasteiger partial charge in [0.15, 0.2) is 0 Å². The Morgan fingerprint density at radius 1 is 1.73 bits per heavy atom. The van der Waals surface area contributed by atoms with Crippen LogP contribution in [0.3, 0.4) is 0 Å². The van der Waals surface area contributed by atoms with Crippen molar-refractivity contribution in [1.82, 2.24) is 4.98 Å². The molecule has 0 saturated heterocycles. The minimum absolute atomic E-state index is 0.403. The van der Waals surface area contributed by atoms with Gasteiger partial charge in [-0.05, 0) is 6.08 Å². The molecule has 0 aliphatic carbocycles. The number of pyridine rings is 1. The number of rotatable bonds is 2. The average molecular weight is 153 g/mol. The number of nitrogens with zero attached hydrogens (tertiary/aromatic N) is 1. The molecule has 0 atom stereocenters. The van der Waals surface area contributed by atoms with Crippen LogP contribution in [-0.4, -0.2) is 12.1 Å². The summed E-state index contributed by atoms with van der Waals surface area (Å²) in [6.45, 7) is 3.50. The fraction of sp³-hybridized carbons (Fsp3) is 0.125. The van der Waals surface area contributed by atoms with Gasteiger partial charge in [-0.3, -0.25) is 0 Å². The van der Waals surface area contributed by atoms with Crippen LogP contribution in [0.1, 0.15) is 5.69 Å². The Hall–Kier alpha value is -1.38. The number of aromatic nitrogens is 1. The SMILES string of the molecule is C=Cc1ncc(F)cc1OC. The lowest BCUT2D eigenvalue weighted by Crippen LogP contribution is -1.91. The molecule has 0 aliphatic heterocycles. The fourth-order valence-electron chi connectivity index (χ4n) is 0.748. The largest absolute Gasteiger partial charge is 0.494 e. The van der Waals surface area contributed by atoms with Gasteiger partial charge in [0.2, 0.25) is 0 Å². The summed E-state index contributed by atoms with van der Waals surface area (Å²) in [7, 11) is 1.46. The van der Waals surface area contributed by atoms with Crippen molar-refractivity contribution in [2.45, 2.75) is 0 Å². The van der Waals surface area contributed by atoms with E-state index in [0.29, 0.717) is 11.4 Å². The molecule has 0 N–H and O–H groups in total. The summed E-state index contributed by atoms with van der Waals surface area (Å²) in [5.74, 6) is -0.00699. The van der Waals surface area contributed by atoms with Gasteiger partial charge in [-0.2, -0.15) is 0 Å². The highest BCUT2D eigenvalue weighted by Gasteiger charge is 2.00. The predicted octanol–water partition coefficient (Wildman–Crippen LogP) is 1.87. The average Bonchev–Trinajstić information content (AvgIpc) is 2.04. The molecule has 0 aromatic carbocycles. The Morgan fingerprint density at radius 3 is 3.00 bits per heavy atom. The van der Waals surface area contributed by atoms with E-state index in [0.717, 1.165) is 6.20 Å². The van der Waals surface area contributed by atoms with Crippen molar-refractivity contribution in [3.05, 3.63) is 30.4 Å². The zero-order chi connectivity index (χ0) is 8.27. The Balaban J connectivity index is 3.16. The van der Waals surface area contributed by atoms with E-state index >= 15 is 0 Å². The van der Waals surface area contributed by atoms with Gasteiger partial charge in [0.1, 0.15) is 17.3 Å². The monoisotopic (exact) mass is 153 g/mol. The molecule has 0 unspecified atom stereocenters. The van der Waals surface area contributed by atoms with E-state index < -0.39 is 5.82 Å². The predicted molar refractivity (Wildman–Crippen MR) is 40.8 cm³/mol. The molecule has 1 aromatic heterocycles. The van der Waals surface area contributed by atoms with Crippen molar-refractivity contribution in [3.8, 4) is 5.75 Å². The zero-order valence-corrected chi connectivity index (χ0v) is 6.17. The molecule has 1 heterocycles. The molecule has 0 spiro atoms. The second kappa shape index (κ2) is 3.14. The van der Waals surface area contributed by atoms with E-state index in [9.17, 15) is 4.39 Å². The molecule has 3 heteroatoms. The van der Waals surface area contributed by atoms with Crippen molar-refractivity contribution in [3.63, 3.8) is 0 Å². The standard InChI is InChI=1S/C8H8FNO/c1-3-7-8(11-2)4-6(9)5-10-7/h3-5H,1H2,2H3. The maximum atomic E-state index is 12.5. The zero-order valence-electron chi connectivity index (χ0n) is 6.17. The van der Waals surface area contributed by atoms with E-state index in [1.165, 1.54) is 19.3 Å². The topological polar surface area (TPSA) is 22.1 Å². The van der Waals surface area contributed by atoms with Gasteiger partial charge in [-0.1, -0.05) is 6.58 Å². The second-order valence-corrected chi connectivity index (χ2v) is 1.95. The first kappa shape index (κ1) is 7.72. The number of ether oxygens (including phenoxy) is 1. The van der Waals surface area contributed by atoms with Gasteiger partial charge in [-0.25, -0.2) is 9.37 Å². The Labute approximate surface area is 64.3 Å². The number of halogens is 1. The van der Waals surface area contributed by atoms with Crippen LogP contribution in [0.4, 0.5) is 4.39 Å². The number of methoxy groups -OCH3 is 1. The quantitative estimate of drug-likeness (QED) is 0.647. The Bertz CT molecular complexity index is 273. The van der Waals surface area contributed by atoms with E-state index in [1.807, 2.05) is 0 Å². The van der Waals surface area contributed by atoms with Crippen molar-refractivity contribution >= 4 is 6.08 Å². The van der Waals surface area contributed by atoms with Crippen LogP contribution >= 0.6 is 0 Å². The summed E-state index contributed by atoms with van der Waals surface area (Å²) >= 11 is 0. The molecule has 11 heavy (non-hydrogen) atoms. The molecule has 0 saturated carbocycles. The summed E-state index contributed by atoms with van der Waals surface area (Å²) in [5, 5.41) is 0. The minimum Gasteiger partial charge on any atom is -0.494 e. The first-order valence-electron chi connectivity index (χ1n) is 3.10. The van der Waals surface area contributed by atoms with E-state index in [1.54, 1.807) is 0 Å². The lowest BCUT2D eigenvalue weighted by Gasteiger charge is -2.01. The highest BCUT2D eigenvalue weighted by atomic mass is 19.1. The molecule has 0 bridgehead atoms. The summed E-state index contributed by atoms with van der Waals surface area (Å²) in [6, 6.07) is 1.27. The van der Waals surface area contributed by atoms with Crippen molar-refractivity contribution in [1.29, 1.82) is 0 Å². The third kappa shape index (κ3) is 1.55. The molecule has 0 fully saturated rings. The second-order valence-electron chi connectivity index (χ2n) is 1.95. The first-order valence-corrected chi connectivity index (χ1v) is 3.10. The minimum atomic E-state index is -0.410. The van der Waals surface area contributed by atoms with Crippen molar-refractivity contribution < 1.29 is 9.13 Å². The molecule has 0 radical (unpaired) electrons. The molecule has 1 rings (SSSR count). The van der Waals surface area contributed by atoms with Gasteiger partial charge in [-0.15, -0.1) is 0 Å². The van der Waals surface area contributed by atoms with Crippen LogP contribution < -0.4 is 4.74 Å². The van der Waals surface area contributed by atoms with Crippen molar-refractivity contribution in [2.24, 2.45) is 0 Å². The van der Waals surface area contributed by atoms with E-state index in [-0.39, 0.29) is 0 Å². The summed E-state index contributed by atoms with van der Waals surface area (Å²) in [5.41, 5.74) is 0.550. The Morgan fingerprint density at radius 2 is 2.45 bits per heavy atom. The van der Waals surface area contributed by atoms with Gasteiger partial charge in [0.05, 0.1) is 13.3 Å². The lowest BCUT2D eigenvalue weighted by atomic mass is 10.3. The lowest BCUT2D eigenvalue weighted by molar-refractivity contribution is 0.407. The maximum Gasteiger partial charge on any atom is 0.147 e. The molecule has 0 aliphatic rings. The van der Waals surface area contributed by atoms with E-state index in [2.05, 4.69) is 11.6 Å². The molecule has 0 amide bonds. The summed E-state index contributed by atoms with van der Waals surface area (Å²) < 4.78 is 17.3. The van der Waals surface area contributed by atoms with Crippen LogP contribution in [0.25, 0.3) is 6.08 Å². The van der Waals surface area contributed by atoms with Crippen LogP contribution in [0, 0.1) is 5.82 Å². The Kier molecular flexibility index (Phi) is 2.21. The van der Waals surface area contributed by atoms with Crippen LogP contribution in [-0.2, 0) is 0 Å². The fourth-order valence-corrected chi connectivity index (χ4v) is 0.748. The highest BCUT2D eigenvalue weighted by Crippen LogP contribution is 2.16. The summed E-state index contributed by atoms with van der Waals surface area (Å²) in [4.78, 5) is 3.75. The molecular formula is C8H8FNO. The first-order chi connectivity index (χ1) is 5.27. The maximum absolute atomic E-state index is 12.5. The van der Waals surface area contributed by atoms with Crippen LogP contribution in [0.15, 0.2) is 18.8 Å². The van der Waals surface area contributed by atoms with Crippen LogP contribution in [0.2, 0.25) is 0 Å². The van der Waals surface area contributed by atoms with Crippen molar-refractivity contribution in [2.75, 3.05) is 7.11 Å². The van der Waals surface area contributed by atoms with Gasteiger partial charge >= 0.3 is 0 Å². The third-order valence-electron chi connectivity index (χ3n) is 1.26. The van der Waals surface area contributed by atoms with Crippen LogP contribution in [0.5, 0.6) is 5.75 Å². The summed E-state index contributed by atoms with van der Waals surface area (Å²) in [6.07, 6.45) is 2.64.